The van der Waals surface area contributed by atoms with Crippen LogP contribution in [-0.4, -0.2) is 7.05 Å². The van der Waals surface area contributed by atoms with Gasteiger partial charge in [0.25, 0.3) is 0 Å². The third-order valence-electron chi connectivity index (χ3n) is 6.42. The molecule has 0 aliphatic heterocycles. The van der Waals surface area contributed by atoms with Gasteiger partial charge in [-0.3, -0.25) is 0 Å². The summed E-state index contributed by atoms with van der Waals surface area (Å²) in [7, 11) is 1.83. The number of unbranched alkanes of at least 4 members (excludes halogenated alkanes) is 1. The Kier molecular flexibility index (Phi) is 8.15. The summed E-state index contributed by atoms with van der Waals surface area (Å²) < 4.78 is 43.1. The van der Waals surface area contributed by atoms with Gasteiger partial charge < -0.3 is 5.32 Å². The van der Waals surface area contributed by atoms with Crippen molar-refractivity contribution in [3.63, 3.8) is 0 Å². The molecule has 0 saturated heterocycles. The van der Waals surface area contributed by atoms with Crippen LogP contribution in [0.15, 0.2) is 60.7 Å². The predicted molar refractivity (Wildman–Crippen MR) is 142 cm³/mol. The van der Waals surface area contributed by atoms with Crippen LogP contribution >= 0.6 is 0 Å². The maximum absolute atomic E-state index is 14.4. The molecular formula is C31H36F3N. The van der Waals surface area contributed by atoms with Crippen LogP contribution < -0.4 is 15.8 Å². The molecule has 0 saturated carbocycles. The van der Waals surface area contributed by atoms with Crippen LogP contribution in [0.1, 0.15) is 69.7 Å². The fraction of sp³-hybridized carbons (Fsp3) is 0.355. The zero-order valence-electron chi connectivity index (χ0n) is 21.6. The average Bonchev–Trinajstić information content (AvgIpc) is 2.82. The standard InChI is InChI=1S/C31H36F3N/c1-7-9-12-21-15-17-23(18-16-21)25-19-26(27(30(3,4)5)20-28(25)31(32,33)34)29(35-6)24-14-11-10-13-22(24)8-2/h8,10-11,13-20,35H,7,9,12H2,1-6H3/b22-8-,29-24-. The van der Waals surface area contributed by atoms with Crippen molar-refractivity contribution in [2.75, 3.05) is 7.05 Å². The third kappa shape index (κ3) is 5.98. The maximum atomic E-state index is 14.4. The number of aryl methyl sites for hydroxylation is 1. The number of hydrogen-bond donors (Lipinski definition) is 1. The molecule has 0 unspecified atom stereocenters. The molecule has 0 aromatic heterocycles. The first-order valence-electron chi connectivity index (χ1n) is 12.3. The maximum Gasteiger partial charge on any atom is 0.417 e. The van der Waals surface area contributed by atoms with E-state index in [2.05, 4.69) is 12.2 Å². The van der Waals surface area contributed by atoms with Crippen molar-refractivity contribution in [1.82, 2.24) is 5.32 Å². The first kappa shape index (κ1) is 26.6. The number of hydrogen-bond acceptors (Lipinski definition) is 1. The Labute approximate surface area is 207 Å². The highest BCUT2D eigenvalue weighted by molar-refractivity contribution is 5.77. The highest BCUT2D eigenvalue weighted by Crippen LogP contribution is 2.42. The normalized spacial score (nSPS) is 13.7. The molecule has 35 heavy (non-hydrogen) atoms. The molecule has 0 fully saturated rings. The van der Waals surface area contributed by atoms with Gasteiger partial charge in [-0.15, -0.1) is 0 Å². The molecule has 186 valence electrons. The molecule has 1 N–H and O–H groups in total. The minimum atomic E-state index is -4.47. The van der Waals surface area contributed by atoms with Crippen LogP contribution in [0.5, 0.6) is 0 Å². The van der Waals surface area contributed by atoms with Crippen LogP contribution in [-0.2, 0) is 18.0 Å². The zero-order valence-corrected chi connectivity index (χ0v) is 21.6. The number of benzene rings is 3. The summed E-state index contributed by atoms with van der Waals surface area (Å²) >= 11 is 0. The summed E-state index contributed by atoms with van der Waals surface area (Å²) in [6.07, 6.45) is 0.620. The molecule has 3 aromatic carbocycles. The van der Waals surface area contributed by atoms with E-state index in [1.807, 2.05) is 89.3 Å². The second kappa shape index (κ2) is 10.7. The molecule has 0 radical (unpaired) electrons. The first-order chi connectivity index (χ1) is 16.5. The molecule has 0 spiro atoms. The Morgan fingerprint density at radius 2 is 1.57 bits per heavy atom. The number of nitrogens with one attached hydrogen (secondary N) is 1. The molecule has 0 heterocycles. The molecule has 1 nitrogen and oxygen atoms in total. The molecule has 0 amide bonds. The van der Waals surface area contributed by atoms with Crippen LogP contribution in [0.2, 0.25) is 0 Å². The van der Waals surface area contributed by atoms with E-state index in [0.29, 0.717) is 11.1 Å². The Bertz CT molecular complexity index is 1280. The molecule has 0 atom stereocenters. The fourth-order valence-corrected chi connectivity index (χ4v) is 4.52. The second-order valence-corrected chi connectivity index (χ2v) is 9.99. The van der Waals surface area contributed by atoms with Crippen LogP contribution in [0.25, 0.3) is 22.9 Å². The lowest BCUT2D eigenvalue weighted by molar-refractivity contribution is -0.137. The van der Waals surface area contributed by atoms with E-state index in [-0.39, 0.29) is 5.56 Å². The number of halogens is 3. The minimum Gasteiger partial charge on any atom is -0.387 e. The van der Waals surface area contributed by atoms with Crippen molar-refractivity contribution in [3.05, 3.63) is 93.4 Å². The molecule has 0 aliphatic carbocycles. The van der Waals surface area contributed by atoms with Crippen molar-refractivity contribution < 1.29 is 13.2 Å². The molecular weight excluding hydrogens is 443 g/mol. The zero-order chi connectivity index (χ0) is 25.8. The van der Waals surface area contributed by atoms with Gasteiger partial charge in [0.1, 0.15) is 0 Å². The summed E-state index contributed by atoms with van der Waals surface area (Å²) in [4.78, 5) is 0. The minimum absolute atomic E-state index is 0.202. The second-order valence-electron chi connectivity index (χ2n) is 9.99. The lowest BCUT2D eigenvalue weighted by atomic mass is 9.79. The van der Waals surface area contributed by atoms with E-state index in [4.69, 9.17) is 0 Å². The molecule has 4 heteroatoms. The predicted octanol–water partition coefficient (Wildman–Crippen LogP) is 7.19. The quantitative estimate of drug-likeness (QED) is 0.395. The van der Waals surface area contributed by atoms with E-state index in [0.717, 1.165) is 46.5 Å². The highest BCUT2D eigenvalue weighted by Gasteiger charge is 2.36. The van der Waals surface area contributed by atoms with Crippen molar-refractivity contribution in [2.45, 2.75) is 65.5 Å². The highest BCUT2D eigenvalue weighted by atomic mass is 19.4. The van der Waals surface area contributed by atoms with E-state index in [1.165, 1.54) is 6.07 Å². The van der Waals surface area contributed by atoms with E-state index in [9.17, 15) is 13.2 Å². The van der Waals surface area contributed by atoms with Gasteiger partial charge in [-0.1, -0.05) is 88.7 Å². The van der Waals surface area contributed by atoms with Crippen LogP contribution in [0, 0.1) is 0 Å². The van der Waals surface area contributed by atoms with Gasteiger partial charge in [-0.05, 0) is 64.8 Å². The largest absolute Gasteiger partial charge is 0.417 e. The van der Waals surface area contributed by atoms with Crippen molar-refractivity contribution >= 4 is 11.8 Å². The summed E-state index contributed by atoms with van der Waals surface area (Å²) in [5.74, 6) is 0. The fourth-order valence-electron chi connectivity index (χ4n) is 4.52. The van der Waals surface area contributed by atoms with Gasteiger partial charge in [0, 0.05) is 23.5 Å². The lowest BCUT2D eigenvalue weighted by Crippen LogP contribution is -2.32. The van der Waals surface area contributed by atoms with Crippen molar-refractivity contribution in [2.24, 2.45) is 0 Å². The van der Waals surface area contributed by atoms with Gasteiger partial charge in [0.2, 0.25) is 0 Å². The summed E-state index contributed by atoms with van der Waals surface area (Å²) in [6, 6.07) is 18.6. The Morgan fingerprint density at radius 3 is 2.11 bits per heavy atom. The van der Waals surface area contributed by atoms with E-state index in [1.54, 1.807) is 6.07 Å². The monoisotopic (exact) mass is 479 g/mol. The average molecular weight is 480 g/mol. The smallest absolute Gasteiger partial charge is 0.387 e. The number of alkyl halides is 3. The van der Waals surface area contributed by atoms with Gasteiger partial charge in [0.15, 0.2) is 0 Å². The van der Waals surface area contributed by atoms with Gasteiger partial charge in [-0.2, -0.15) is 13.2 Å². The van der Waals surface area contributed by atoms with Gasteiger partial charge in [-0.25, -0.2) is 0 Å². The molecule has 0 aliphatic rings. The topological polar surface area (TPSA) is 12.0 Å². The Hall–Kier alpha value is -3.01. The summed E-state index contributed by atoms with van der Waals surface area (Å²) in [5, 5.41) is 5.29. The van der Waals surface area contributed by atoms with Crippen LogP contribution in [0.3, 0.4) is 0 Å². The molecule has 0 bridgehead atoms. The number of rotatable bonds is 6. The summed E-state index contributed by atoms with van der Waals surface area (Å²) in [5.41, 5.74) is 3.08. The van der Waals surface area contributed by atoms with Gasteiger partial charge >= 0.3 is 6.18 Å². The van der Waals surface area contributed by atoms with Crippen LogP contribution in [0.4, 0.5) is 13.2 Å². The SMILES string of the molecule is C/C=c1/cccc/c1=C(/NC)c1cc(-c2ccc(CCCC)cc2)c(C(F)(F)F)cc1C(C)(C)C. The van der Waals surface area contributed by atoms with Gasteiger partial charge in [0.05, 0.1) is 5.56 Å². The molecule has 3 aromatic rings. The summed E-state index contributed by atoms with van der Waals surface area (Å²) in [6.45, 7) is 9.97. The molecule has 3 rings (SSSR count). The van der Waals surface area contributed by atoms with E-state index >= 15 is 0 Å². The lowest BCUT2D eigenvalue weighted by Gasteiger charge is -2.27. The van der Waals surface area contributed by atoms with Crippen molar-refractivity contribution in [3.8, 4) is 11.1 Å². The van der Waals surface area contributed by atoms with E-state index < -0.39 is 17.2 Å². The Balaban J connectivity index is 2.40. The Morgan fingerprint density at radius 1 is 0.914 bits per heavy atom. The van der Waals surface area contributed by atoms with Crippen molar-refractivity contribution in [1.29, 1.82) is 0 Å². The third-order valence-corrected chi connectivity index (χ3v) is 6.42. The first-order valence-corrected chi connectivity index (χ1v) is 12.3.